The van der Waals surface area contributed by atoms with E-state index < -0.39 is 0 Å². The van der Waals surface area contributed by atoms with Gasteiger partial charge in [0.2, 0.25) is 0 Å². The van der Waals surface area contributed by atoms with Crippen molar-refractivity contribution in [2.45, 2.75) is 6.42 Å². The molecule has 0 fully saturated rings. The minimum absolute atomic E-state index is 0.266. The van der Waals surface area contributed by atoms with Crippen molar-refractivity contribution in [3.05, 3.63) is 52.3 Å². The first kappa shape index (κ1) is 16.3. The van der Waals surface area contributed by atoms with Crippen LogP contribution in [0.5, 0.6) is 0 Å². The Bertz CT molecular complexity index is 704. The Morgan fingerprint density at radius 3 is 2.95 bits per heavy atom. The van der Waals surface area contributed by atoms with Crippen LogP contribution in [0.1, 0.15) is 22.5 Å². The lowest BCUT2D eigenvalue weighted by Crippen LogP contribution is -2.27. The number of carbonyl (C=O) groups excluding carboxylic acids is 1. The van der Waals surface area contributed by atoms with E-state index in [0.717, 1.165) is 16.6 Å². The van der Waals surface area contributed by atoms with Crippen molar-refractivity contribution < 1.29 is 9.53 Å². The third-order valence-corrected chi connectivity index (χ3v) is 3.61. The normalized spacial score (nSPS) is 10.2. The lowest BCUT2D eigenvalue weighted by molar-refractivity contribution is 0.0941. The molecule has 2 rings (SSSR count). The molecule has 0 bridgehead atoms. The summed E-state index contributed by atoms with van der Waals surface area (Å²) in [7, 11) is 1.62. The molecule has 1 amide bonds. The molecule has 0 unspecified atom stereocenters. The summed E-state index contributed by atoms with van der Waals surface area (Å²) in [5.74, 6) is -0.266. The highest BCUT2D eigenvalue weighted by atomic mass is 79.9. The van der Waals surface area contributed by atoms with Gasteiger partial charge in [-0.25, -0.2) is 0 Å². The van der Waals surface area contributed by atoms with E-state index in [1.54, 1.807) is 23.9 Å². The number of hydrogen-bond donors (Lipinski definition) is 1. The van der Waals surface area contributed by atoms with Gasteiger partial charge < -0.3 is 14.6 Å². The van der Waals surface area contributed by atoms with Crippen molar-refractivity contribution in [2.24, 2.45) is 0 Å². The summed E-state index contributed by atoms with van der Waals surface area (Å²) in [5.41, 5.74) is 1.51. The number of nitriles is 1. The molecular weight excluding hydrogens is 346 g/mol. The number of carbonyl (C=O) groups is 1. The van der Waals surface area contributed by atoms with Crippen LogP contribution in [0, 0.1) is 11.3 Å². The second kappa shape index (κ2) is 7.78. The van der Waals surface area contributed by atoms with Crippen molar-refractivity contribution in [2.75, 3.05) is 20.3 Å². The number of rotatable bonds is 6. The van der Waals surface area contributed by atoms with Gasteiger partial charge in [0, 0.05) is 36.6 Å². The molecule has 0 spiro atoms. The van der Waals surface area contributed by atoms with Gasteiger partial charge in [0.05, 0.1) is 5.56 Å². The predicted octanol–water partition coefficient (Wildman–Crippen LogP) is 2.88. The third-order valence-electron chi connectivity index (χ3n) is 3.12. The van der Waals surface area contributed by atoms with E-state index in [1.807, 2.05) is 24.3 Å². The van der Waals surface area contributed by atoms with Crippen LogP contribution in [0.2, 0.25) is 0 Å². The standard InChI is InChI=1S/C16H16BrN3O2/c1-22-9-3-7-19-16(21)15-12(11-18)6-8-20(15)14-5-2-4-13(17)10-14/h2,4-6,8,10H,3,7,9H2,1H3,(H,19,21). The van der Waals surface area contributed by atoms with Crippen LogP contribution in [0.3, 0.4) is 0 Å². The Morgan fingerprint density at radius 2 is 2.27 bits per heavy atom. The van der Waals surface area contributed by atoms with Gasteiger partial charge >= 0.3 is 0 Å². The fourth-order valence-electron chi connectivity index (χ4n) is 2.10. The van der Waals surface area contributed by atoms with E-state index in [4.69, 9.17) is 4.74 Å². The summed E-state index contributed by atoms with van der Waals surface area (Å²) in [4.78, 5) is 12.4. The molecule has 0 saturated heterocycles. The minimum atomic E-state index is -0.266. The van der Waals surface area contributed by atoms with Crippen LogP contribution >= 0.6 is 15.9 Å². The van der Waals surface area contributed by atoms with Gasteiger partial charge in [-0.15, -0.1) is 0 Å². The van der Waals surface area contributed by atoms with Gasteiger partial charge in [0.15, 0.2) is 0 Å². The first-order chi connectivity index (χ1) is 10.7. The molecule has 0 aliphatic rings. The maximum Gasteiger partial charge on any atom is 0.269 e. The van der Waals surface area contributed by atoms with E-state index in [1.165, 1.54) is 0 Å². The molecule has 2 aromatic rings. The van der Waals surface area contributed by atoms with Gasteiger partial charge in [-0.1, -0.05) is 22.0 Å². The molecule has 0 atom stereocenters. The molecule has 22 heavy (non-hydrogen) atoms. The fraction of sp³-hybridized carbons (Fsp3) is 0.250. The number of nitrogens with one attached hydrogen (secondary N) is 1. The Morgan fingerprint density at radius 1 is 1.45 bits per heavy atom. The number of benzene rings is 1. The van der Waals surface area contributed by atoms with Crippen molar-refractivity contribution in [1.29, 1.82) is 5.26 Å². The van der Waals surface area contributed by atoms with Crippen molar-refractivity contribution >= 4 is 21.8 Å². The zero-order valence-electron chi connectivity index (χ0n) is 12.2. The molecule has 0 aliphatic heterocycles. The second-order valence-electron chi connectivity index (χ2n) is 4.64. The van der Waals surface area contributed by atoms with Crippen molar-refractivity contribution in [3.8, 4) is 11.8 Å². The quantitative estimate of drug-likeness (QED) is 0.804. The highest BCUT2D eigenvalue weighted by Gasteiger charge is 2.17. The number of hydrogen-bond acceptors (Lipinski definition) is 3. The molecule has 1 N–H and O–H groups in total. The third kappa shape index (κ3) is 3.75. The monoisotopic (exact) mass is 361 g/mol. The Labute approximate surface area is 137 Å². The van der Waals surface area contributed by atoms with Crippen LogP contribution in [-0.4, -0.2) is 30.7 Å². The Hall–Kier alpha value is -2.10. The summed E-state index contributed by atoms with van der Waals surface area (Å²) in [6, 6.07) is 11.3. The maximum atomic E-state index is 12.4. The summed E-state index contributed by atoms with van der Waals surface area (Å²) < 4.78 is 7.57. The summed E-state index contributed by atoms with van der Waals surface area (Å²) in [6.07, 6.45) is 2.45. The van der Waals surface area contributed by atoms with Gasteiger partial charge in [-0.3, -0.25) is 4.79 Å². The molecule has 1 aromatic heterocycles. The van der Waals surface area contributed by atoms with E-state index in [9.17, 15) is 10.1 Å². The number of nitrogens with zero attached hydrogens (tertiary/aromatic N) is 2. The van der Waals surface area contributed by atoms with Crippen LogP contribution in [0.25, 0.3) is 5.69 Å². The average molecular weight is 362 g/mol. The van der Waals surface area contributed by atoms with Crippen molar-refractivity contribution in [1.82, 2.24) is 9.88 Å². The lowest BCUT2D eigenvalue weighted by Gasteiger charge is -2.11. The number of methoxy groups -OCH3 is 1. The number of amides is 1. The smallest absolute Gasteiger partial charge is 0.269 e. The van der Waals surface area contributed by atoms with Gasteiger partial charge in [-0.2, -0.15) is 5.26 Å². The van der Waals surface area contributed by atoms with Crippen LogP contribution in [0.4, 0.5) is 0 Å². The summed E-state index contributed by atoms with van der Waals surface area (Å²) >= 11 is 3.41. The Balaban J connectivity index is 2.28. The summed E-state index contributed by atoms with van der Waals surface area (Å²) in [5, 5.41) is 12.0. The highest BCUT2D eigenvalue weighted by Crippen LogP contribution is 2.20. The largest absolute Gasteiger partial charge is 0.385 e. The van der Waals surface area contributed by atoms with Crippen LogP contribution in [0.15, 0.2) is 41.0 Å². The molecule has 0 aliphatic carbocycles. The number of halogens is 1. The SMILES string of the molecule is COCCCNC(=O)c1c(C#N)ccn1-c1cccc(Br)c1. The second-order valence-corrected chi connectivity index (χ2v) is 5.56. The minimum Gasteiger partial charge on any atom is -0.385 e. The lowest BCUT2D eigenvalue weighted by atomic mass is 10.2. The van der Waals surface area contributed by atoms with Crippen LogP contribution < -0.4 is 5.32 Å². The van der Waals surface area contributed by atoms with E-state index in [2.05, 4.69) is 27.3 Å². The molecule has 6 heteroatoms. The molecule has 1 heterocycles. The molecule has 1 aromatic carbocycles. The van der Waals surface area contributed by atoms with Crippen LogP contribution in [-0.2, 0) is 4.74 Å². The number of aromatic nitrogens is 1. The topological polar surface area (TPSA) is 67.0 Å². The van der Waals surface area contributed by atoms with E-state index in [-0.39, 0.29) is 5.91 Å². The zero-order valence-corrected chi connectivity index (χ0v) is 13.8. The molecule has 0 saturated carbocycles. The molecular formula is C16H16BrN3O2. The van der Waals surface area contributed by atoms with Gasteiger partial charge in [0.25, 0.3) is 5.91 Å². The fourth-order valence-corrected chi connectivity index (χ4v) is 2.48. The predicted molar refractivity (Wildman–Crippen MR) is 87.0 cm³/mol. The maximum absolute atomic E-state index is 12.4. The molecule has 5 nitrogen and oxygen atoms in total. The first-order valence-electron chi connectivity index (χ1n) is 6.82. The van der Waals surface area contributed by atoms with E-state index >= 15 is 0 Å². The summed E-state index contributed by atoms with van der Waals surface area (Å²) in [6.45, 7) is 1.08. The molecule has 114 valence electrons. The first-order valence-corrected chi connectivity index (χ1v) is 7.61. The zero-order chi connectivity index (χ0) is 15.9. The van der Waals surface area contributed by atoms with Gasteiger partial charge in [-0.05, 0) is 30.7 Å². The van der Waals surface area contributed by atoms with E-state index in [0.29, 0.717) is 24.4 Å². The number of ether oxygens (including phenoxy) is 1. The highest BCUT2D eigenvalue weighted by molar-refractivity contribution is 9.10. The van der Waals surface area contributed by atoms with Crippen molar-refractivity contribution in [3.63, 3.8) is 0 Å². The molecule has 0 radical (unpaired) electrons. The Kier molecular flexibility index (Phi) is 5.75. The van der Waals surface area contributed by atoms with Gasteiger partial charge in [0.1, 0.15) is 11.8 Å². The average Bonchev–Trinajstić information content (AvgIpc) is 2.95.